The number of nitrogens with two attached hydrogens (primary N) is 1. The summed E-state index contributed by atoms with van der Waals surface area (Å²) in [5, 5.41) is 2.80. The van der Waals surface area contributed by atoms with Gasteiger partial charge in [-0.1, -0.05) is 42.5 Å². The highest BCUT2D eigenvalue weighted by atomic mass is 16.2. The first-order valence-corrected chi connectivity index (χ1v) is 8.13. The lowest BCUT2D eigenvalue weighted by Crippen LogP contribution is -2.37. The summed E-state index contributed by atoms with van der Waals surface area (Å²) in [5.74, 6) is 0.111. The van der Waals surface area contributed by atoms with Crippen molar-refractivity contribution in [1.29, 1.82) is 0 Å². The second-order valence-corrected chi connectivity index (χ2v) is 6.02. The summed E-state index contributed by atoms with van der Waals surface area (Å²) in [5.41, 5.74) is 7.84. The number of primary amides is 1. The van der Waals surface area contributed by atoms with Crippen LogP contribution in [0.15, 0.2) is 54.6 Å². The van der Waals surface area contributed by atoms with Crippen LogP contribution in [-0.4, -0.2) is 27.4 Å². The maximum atomic E-state index is 12.4. The summed E-state index contributed by atoms with van der Waals surface area (Å²) >= 11 is 0. The summed E-state index contributed by atoms with van der Waals surface area (Å²) in [4.78, 5) is 28.1. The van der Waals surface area contributed by atoms with Crippen LogP contribution < -0.4 is 11.1 Å². The van der Waals surface area contributed by atoms with Crippen LogP contribution in [-0.2, 0) is 16.1 Å². The average Bonchev–Trinajstić information content (AvgIpc) is 2.93. The largest absolute Gasteiger partial charge is 0.370 e. The van der Waals surface area contributed by atoms with Crippen LogP contribution in [0.5, 0.6) is 0 Å². The molecule has 1 aromatic heterocycles. The molecule has 1 unspecified atom stereocenters. The number of carbonyl (C=O) groups excluding carboxylic acids is 2. The van der Waals surface area contributed by atoms with E-state index in [1.807, 2.05) is 59.2 Å². The predicted octanol–water partition coefficient (Wildman–Crippen LogP) is 2.08. The lowest BCUT2D eigenvalue weighted by molar-refractivity contribution is -0.122. The molecule has 3 rings (SSSR count). The van der Waals surface area contributed by atoms with Gasteiger partial charge in [0.25, 0.3) is 0 Å². The normalized spacial score (nSPS) is 12.0. The highest BCUT2D eigenvalue weighted by Gasteiger charge is 2.16. The molecule has 1 heterocycles. The first-order chi connectivity index (χ1) is 12.0. The van der Waals surface area contributed by atoms with Crippen LogP contribution in [0, 0.1) is 0 Å². The van der Waals surface area contributed by atoms with E-state index in [9.17, 15) is 9.59 Å². The van der Waals surface area contributed by atoms with Crippen molar-refractivity contribution in [2.75, 3.05) is 0 Å². The van der Waals surface area contributed by atoms with Gasteiger partial charge >= 0.3 is 0 Å². The van der Waals surface area contributed by atoms with Gasteiger partial charge in [-0.25, -0.2) is 4.98 Å². The number of fused-ring (bicyclic) bond motifs is 1. The Morgan fingerprint density at radius 1 is 1.12 bits per heavy atom. The third-order valence-corrected chi connectivity index (χ3v) is 3.90. The van der Waals surface area contributed by atoms with E-state index in [2.05, 4.69) is 10.3 Å². The molecule has 0 fully saturated rings. The lowest BCUT2D eigenvalue weighted by atomic mass is 10.2. The number of hydrogen-bond acceptors (Lipinski definition) is 3. The molecule has 6 heteroatoms. The number of rotatable bonds is 6. The Bertz CT molecular complexity index is 902. The quantitative estimate of drug-likeness (QED) is 0.722. The van der Waals surface area contributed by atoms with E-state index in [1.165, 1.54) is 0 Å². The molecule has 0 saturated carbocycles. The second-order valence-electron chi connectivity index (χ2n) is 6.02. The minimum atomic E-state index is -0.439. The summed E-state index contributed by atoms with van der Waals surface area (Å²) in [6.45, 7) is 1.88. The van der Waals surface area contributed by atoms with Crippen LogP contribution >= 0.6 is 0 Å². The van der Waals surface area contributed by atoms with Crippen molar-refractivity contribution in [3.8, 4) is 11.4 Å². The zero-order chi connectivity index (χ0) is 17.8. The van der Waals surface area contributed by atoms with Crippen LogP contribution in [0.1, 0.15) is 13.3 Å². The maximum absolute atomic E-state index is 12.4. The number of amides is 2. The van der Waals surface area contributed by atoms with E-state index in [4.69, 9.17) is 5.73 Å². The smallest absolute Gasteiger partial charge is 0.240 e. The minimum absolute atomic E-state index is 0.113. The second kappa shape index (κ2) is 7.17. The number of imidazole rings is 1. The van der Waals surface area contributed by atoms with E-state index in [0.717, 1.165) is 22.4 Å². The van der Waals surface area contributed by atoms with Crippen molar-refractivity contribution in [3.63, 3.8) is 0 Å². The third kappa shape index (κ3) is 3.85. The minimum Gasteiger partial charge on any atom is -0.370 e. The van der Waals surface area contributed by atoms with Gasteiger partial charge in [0.15, 0.2) is 0 Å². The Labute approximate surface area is 145 Å². The Morgan fingerprint density at radius 3 is 2.52 bits per heavy atom. The first-order valence-electron chi connectivity index (χ1n) is 8.13. The van der Waals surface area contributed by atoms with Gasteiger partial charge in [0, 0.05) is 18.0 Å². The number of aromatic nitrogens is 2. The zero-order valence-electron chi connectivity index (χ0n) is 14.0. The van der Waals surface area contributed by atoms with Crippen molar-refractivity contribution < 1.29 is 9.59 Å². The molecule has 128 valence electrons. The van der Waals surface area contributed by atoms with Crippen LogP contribution in [0.25, 0.3) is 22.4 Å². The summed E-state index contributed by atoms with van der Waals surface area (Å²) in [6, 6.07) is 17.1. The number of para-hydroxylation sites is 2. The van der Waals surface area contributed by atoms with Gasteiger partial charge in [-0.2, -0.15) is 0 Å². The Morgan fingerprint density at radius 2 is 1.80 bits per heavy atom. The molecule has 2 amide bonds. The number of benzene rings is 2. The SMILES string of the molecule is CC(CC(N)=O)NC(=O)Cn1c(-c2ccccc2)nc2ccccc21. The highest BCUT2D eigenvalue weighted by Crippen LogP contribution is 2.24. The average molecular weight is 336 g/mol. The Kier molecular flexibility index (Phi) is 4.79. The van der Waals surface area contributed by atoms with Crippen LogP contribution in [0.4, 0.5) is 0 Å². The number of hydrogen-bond donors (Lipinski definition) is 2. The molecule has 0 aliphatic heterocycles. The van der Waals surface area contributed by atoms with Crippen molar-refractivity contribution in [2.24, 2.45) is 5.73 Å². The number of carbonyl (C=O) groups is 2. The van der Waals surface area contributed by atoms with Gasteiger partial charge in [-0.15, -0.1) is 0 Å². The predicted molar refractivity (Wildman–Crippen MR) is 96.6 cm³/mol. The van der Waals surface area contributed by atoms with E-state index >= 15 is 0 Å². The monoisotopic (exact) mass is 336 g/mol. The van der Waals surface area contributed by atoms with E-state index in [1.54, 1.807) is 6.92 Å². The molecule has 0 aliphatic carbocycles. The number of nitrogens with one attached hydrogen (secondary N) is 1. The van der Waals surface area contributed by atoms with Crippen molar-refractivity contribution in [2.45, 2.75) is 25.9 Å². The summed E-state index contributed by atoms with van der Waals surface area (Å²) in [7, 11) is 0. The molecule has 0 aliphatic rings. The molecular weight excluding hydrogens is 316 g/mol. The molecule has 0 bridgehead atoms. The van der Waals surface area contributed by atoms with E-state index in [0.29, 0.717) is 0 Å². The molecule has 1 atom stereocenters. The lowest BCUT2D eigenvalue weighted by Gasteiger charge is -2.14. The zero-order valence-corrected chi connectivity index (χ0v) is 14.0. The molecule has 3 N–H and O–H groups in total. The summed E-state index contributed by atoms with van der Waals surface area (Å²) in [6.07, 6.45) is 0.113. The van der Waals surface area contributed by atoms with E-state index < -0.39 is 5.91 Å². The van der Waals surface area contributed by atoms with Gasteiger partial charge < -0.3 is 15.6 Å². The van der Waals surface area contributed by atoms with Crippen LogP contribution in [0.2, 0.25) is 0 Å². The summed E-state index contributed by atoms with van der Waals surface area (Å²) < 4.78 is 1.89. The van der Waals surface area contributed by atoms with E-state index in [-0.39, 0.29) is 24.9 Å². The topological polar surface area (TPSA) is 90.0 Å². The molecular formula is C19H20N4O2. The third-order valence-electron chi connectivity index (χ3n) is 3.90. The van der Waals surface area contributed by atoms with Gasteiger partial charge in [0.05, 0.1) is 11.0 Å². The molecule has 2 aromatic carbocycles. The number of nitrogens with zero attached hydrogens (tertiary/aromatic N) is 2. The fourth-order valence-electron chi connectivity index (χ4n) is 2.86. The molecule has 0 radical (unpaired) electrons. The fraction of sp³-hybridized carbons (Fsp3) is 0.211. The first kappa shape index (κ1) is 16.7. The Hall–Kier alpha value is -3.15. The molecule has 0 saturated heterocycles. The molecule has 6 nitrogen and oxygen atoms in total. The van der Waals surface area contributed by atoms with Crippen molar-refractivity contribution >= 4 is 22.8 Å². The highest BCUT2D eigenvalue weighted by molar-refractivity contribution is 5.85. The van der Waals surface area contributed by atoms with Gasteiger partial charge in [0.1, 0.15) is 12.4 Å². The van der Waals surface area contributed by atoms with Gasteiger partial charge in [-0.05, 0) is 19.1 Å². The molecule has 0 spiro atoms. The fourth-order valence-corrected chi connectivity index (χ4v) is 2.86. The standard InChI is InChI=1S/C19H20N4O2/c1-13(11-17(20)24)21-18(25)12-23-16-10-6-5-9-15(16)22-19(23)14-7-3-2-4-8-14/h2-10,13H,11-12H2,1H3,(H2,20,24)(H,21,25). The maximum Gasteiger partial charge on any atom is 0.240 e. The van der Waals surface area contributed by atoms with Crippen LogP contribution in [0.3, 0.4) is 0 Å². The Balaban J connectivity index is 1.92. The molecule has 25 heavy (non-hydrogen) atoms. The van der Waals surface area contributed by atoms with Crippen molar-refractivity contribution in [3.05, 3.63) is 54.6 Å². The molecule has 3 aromatic rings. The van der Waals surface area contributed by atoms with Gasteiger partial charge in [0.2, 0.25) is 11.8 Å². The van der Waals surface area contributed by atoms with Gasteiger partial charge in [-0.3, -0.25) is 9.59 Å². The van der Waals surface area contributed by atoms with Crippen molar-refractivity contribution in [1.82, 2.24) is 14.9 Å².